The van der Waals surface area contributed by atoms with E-state index in [1.54, 1.807) is 0 Å². The van der Waals surface area contributed by atoms with Crippen molar-refractivity contribution in [1.29, 1.82) is 0 Å². The third kappa shape index (κ3) is 1.73. The van der Waals surface area contributed by atoms with Crippen LogP contribution in [0.5, 0.6) is 0 Å². The molecule has 0 aliphatic heterocycles. The van der Waals surface area contributed by atoms with Gasteiger partial charge in [0, 0.05) is 63.5 Å². The highest BCUT2D eigenvalue weighted by Gasteiger charge is 2.26. The third-order valence-corrected chi connectivity index (χ3v) is 8.45. The molecule has 36 heavy (non-hydrogen) atoms. The molecule has 1 aliphatic carbocycles. The molecular formula is C31H19N5. The van der Waals surface area contributed by atoms with Crippen LogP contribution < -0.4 is 0 Å². The fourth-order valence-corrected chi connectivity index (χ4v) is 7.14. The third-order valence-electron chi connectivity index (χ3n) is 8.45. The summed E-state index contributed by atoms with van der Waals surface area (Å²) in [5, 5.41) is 6.36. The summed E-state index contributed by atoms with van der Waals surface area (Å²) in [5.74, 6) is 0. The summed E-state index contributed by atoms with van der Waals surface area (Å²) in [6.07, 6.45) is 16.4. The summed E-state index contributed by atoms with van der Waals surface area (Å²) in [6, 6.07) is 17.6. The van der Waals surface area contributed by atoms with Crippen LogP contribution in [0.15, 0.2) is 85.6 Å². The van der Waals surface area contributed by atoms with E-state index in [2.05, 4.69) is 115 Å². The number of benzene rings is 1. The Morgan fingerprint density at radius 2 is 1.11 bits per heavy atom. The SMILES string of the molecule is C1=Cc2c(c3c(c4c5[nH]ccc5c5cccn5c4c4c5[nH]ccc5c5cccn5c34)n3cccc23)C1. The predicted molar refractivity (Wildman–Crippen MR) is 148 cm³/mol. The Morgan fingerprint density at radius 1 is 0.583 bits per heavy atom. The highest BCUT2D eigenvalue weighted by molar-refractivity contribution is 6.35. The first-order chi connectivity index (χ1) is 17.9. The van der Waals surface area contributed by atoms with Gasteiger partial charge < -0.3 is 23.2 Å². The van der Waals surface area contributed by atoms with Crippen molar-refractivity contribution in [2.75, 3.05) is 0 Å². The lowest BCUT2D eigenvalue weighted by Crippen LogP contribution is -2.03. The number of nitrogens with zero attached hydrogens (tertiary/aromatic N) is 3. The lowest BCUT2D eigenvalue weighted by Gasteiger charge is -2.20. The standard InChI is InChI=1S/C31H19N5/c1-5-17-18(6-1)24-29(34-14-2-7-21(17)34)25-28-20(11-13-33-28)23-9-4-16-36(23)31(25)26-27-19(10-12-32-27)22-8-3-15-35(22)30(24)26/h1-5,7-16,32-33H,6H2. The second-order valence-electron chi connectivity index (χ2n) is 9.99. The molecule has 8 heterocycles. The number of pyridine rings is 3. The van der Waals surface area contributed by atoms with Crippen molar-refractivity contribution in [1.82, 2.24) is 23.2 Å². The van der Waals surface area contributed by atoms with Gasteiger partial charge in [0.05, 0.1) is 44.1 Å². The van der Waals surface area contributed by atoms with Crippen LogP contribution in [-0.2, 0) is 6.42 Å². The highest BCUT2D eigenvalue weighted by atomic mass is 15.0. The van der Waals surface area contributed by atoms with Crippen molar-refractivity contribution in [2.45, 2.75) is 6.42 Å². The maximum Gasteiger partial charge on any atom is 0.0685 e. The van der Waals surface area contributed by atoms with Crippen LogP contribution >= 0.6 is 0 Å². The van der Waals surface area contributed by atoms with E-state index in [1.807, 2.05) is 0 Å². The maximum atomic E-state index is 3.64. The Morgan fingerprint density at radius 3 is 1.72 bits per heavy atom. The number of hydrogen-bond acceptors (Lipinski definition) is 0. The molecule has 9 aromatic rings. The molecule has 0 saturated heterocycles. The summed E-state index contributed by atoms with van der Waals surface area (Å²) < 4.78 is 7.22. The Labute approximate surface area is 203 Å². The van der Waals surface area contributed by atoms with E-state index >= 15 is 0 Å². The molecule has 0 amide bonds. The van der Waals surface area contributed by atoms with E-state index in [0.717, 1.165) is 6.42 Å². The molecule has 8 aromatic heterocycles. The number of allylic oxidation sites excluding steroid dienone is 1. The lowest BCUT2D eigenvalue weighted by molar-refractivity contribution is 1.23. The topological polar surface area (TPSA) is 44.8 Å². The van der Waals surface area contributed by atoms with Crippen molar-refractivity contribution in [3.05, 3.63) is 96.7 Å². The highest BCUT2D eigenvalue weighted by Crippen LogP contribution is 2.46. The minimum atomic E-state index is 0.944. The van der Waals surface area contributed by atoms with Crippen molar-refractivity contribution in [3.63, 3.8) is 0 Å². The van der Waals surface area contributed by atoms with E-state index in [1.165, 1.54) is 82.2 Å². The monoisotopic (exact) mass is 461 g/mol. The number of aromatic amines is 2. The Balaban J connectivity index is 1.75. The van der Waals surface area contributed by atoms with Crippen LogP contribution in [0, 0.1) is 0 Å². The second-order valence-corrected chi connectivity index (χ2v) is 9.99. The number of rotatable bonds is 0. The Kier molecular flexibility index (Phi) is 2.76. The van der Waals surface area contributed by atoms with Gasteiger partial charge in [-0.25, -0.2) is 0 Å². The molecular weight excluding hydrogens is 442 g/mol. The van der Waals surface area contributed by atoms with Crippen molar-refractivity contribution in [3.8, 4) is 0 Å². The number of fused-ring (bicyclic) bond motifs is 21. The van der Waals surface area contributed by atoms with E-state index in [9.17, 15) is 0 Å². The number of nitrogens with one attached hydrogen (secondary N) is 2. The average Bonchev–Trinajstić information content (AvgIpc) is 3.73. The predicted octanol–water partition coefficient (Wildman–Crippen LogP) is 7.44. The van der Waals surface area contributed by atoms with Gasteiger partial charge in [-0.3, -0.25) is 0 Å². The van der Waals surface area contributed by atoms with Gasteiger partial charge in [0.15, 0.2) is 0 Å². The smallest absolute Gasteiger partial charge is 0.0685 e. The van der Waals surface area contributed by atoms with Crippen LogP contribution in [0.1, 0.15) is 11.1 Å². The van der Waals surface area contributed by atoms with Crippen LogP contribution in [0.25, 0.3) is 77.1 Å². The molecule has 168 valence electrons. The largest absolute Gasteiger partial charge is 0.360 e. The second kappa shape index (κ2) is 5.66. The first-order valence-corrected chi connectivity index (χ1v) is 12.4. The minimum Gasteiger partial charge on any atom is -0.360 e. The van der Waals surface area contributed by atoms with Gasteiger partial charge in [0.1, 0.15) is 0 Å². The first-order valence-electron chi connectivity index (χ1n) is 12.4. The molecule has 0 radical (unpaired) electrons. The van der Waals surface area contributed by atoms with Gasteiger partial charge in [-0.15, -0.1) is 0 Å². The van der Waals surface area contributed by atoms with Crippen molar-refractivity contribution < 1.29 is 0 Å². The van der Waals surface area contributed by atoms with Crippen LogP contribution in [0.2, 0.25) is 0 Å². The number of hydrogen-bond donors (Lipinski definition) is 2. The zero-order valence-electron chi connectivity index (χ0n) is 19.2. The molecule has 1 aromatic carbocycles. The van der Waals surface area contributed by atoms with Gasteiger partial charge in [-0.2, -0.15) is 0 Å². The Hall–Kier alpha value is -4.90. The Bertz CT molecular complexity index is 2380. The summed E-state index contributed by atoms with van der Waals surface area (Å²) >= 11 is 0. The maximum absolute atomic E-state index is 3.64. The van der Waals surface area contributed by atoms with E-state index in [-0.39, 0.29) is 0 Å². The number of aromatic nitrogens is 5. The van der Waals surface area contributed by atoms with E-state index in [4.69, 9.17) is 0 Å². The molecule has 1 aliphatic rings. The number of H-pyrrole nitrogens is 2. The van der Waals surface area contributed by atoms with Crippen molar-refractivity contribution >= 4 is 77.1 Å². The summed E-state index contributed by atoms with van der Waals surface area (Å²) in [5.41, 5.74) is 12.6. The normalized spacial score (nSPS) is 13.9. The molecule has 0 spiro atoms. The molecule has 0 bridgehead atoms. The quantitative estimate of drug-likeness (QED) is 0.221. The summed E-state index contributed by atoms with van der Waals surface area (Å²) in [4.78, 5) is 7.28. The van der Waals surface area contributed by atoms with Gasteiger partial charge in [-0.1, -0.05) is 12.2 Å². The van der Waals surface area contributed by atoms with Crippen LogP contribution in [0.3, 0.4) is 0 Å². The van der Waals surface area contributed by atoms with Crippen LogP contribution in [-0.4, -0.2) is 23.2 Å². The van der Waals surface area contributed by atoms with Gasteiger partial charge in [0.25, 0.3) is 0 Å². The zero-order chi connectivity index (χ0) is 23.1. The average molecular weight is 462 g/mol. The van der Waals surface area contributed by atoms with Gasteiger partial charge >= 0.3 is 0 Å². The van der Waals surface area contributed by atoms with E-state index < -0.39 is 0 Å². The zero-order valence-corrected chi connectivity index (χ0v) is 19.2. The molecule has 10 rings (SSSR count). The molecule has 2 N–H and O–H groups in total. The molecule has 0 fully saturated rings. The fourth-order valence-electron chi connectivity index (χ4n) is 7.14. The van der Waals surface area contributed by atoms with Crippen LogP contribution in [0.4, 0.5) is 0 Å². The van der Waals surface area contributed by atoms with Gasteiger partial charge in [-0.05, 0) is 60.5 Å². The fraction of sp³-hybridized carbons (Fsp3) is 0.0323. The molecule has 0 atom stereocenters. The molecule has 5 heteroatoms. The lowest BCUT2D eigenvalue weighted by atomic mass is 9.95. The minimum absolute atomic E-state index is 0.944. The first kappa shape index (κ1) is 17.5. The molecule has 0 unspecified atom stereocenters. The summed E-state index contributed by atoms with van der Waals surface area (Å²) in [6.45, 7) is 0. The molecule has 0 saturated carbocycles. The summed E-state index contributed by atoms with van der Waals surface area (Å²) in [7, 11) is 0. The van der Waals surface area contributed by atoms with Gasteiger partial charge in [0.2, 0.25) is 0 Å². The van der Waals surface area contributed by atoms with E-state index in [0.29, 0.717) is 0 Å². The van der Waals surface area contributed by atoms with Crippen molar-refractivity contribution in [2.24, 2.45) is 0 Å². The molecule has 5 nitrogen and oxygen atoms in total.